The summed E-state index contributed by atoms with van der Waals surface area (Å²) in [6, 6.07) is 3.35. The van der Waals surface area contributed by atoms with Gasteiger partial charge in [0.1, 0.15) is 0 Å². The molecule has 2 rings (SSSR count). The zero-order valence-electron chi connectivity index (χ0n) is 11.2. The molecule has 6 heteroatoms. The average molecular weight is 301 g/mol. The zero-order valence-corrected chi connectivity index (χ0v) is 12.0. The minimum Gasteiger partial charge on any atom is -0.388 e. The van der Waals surface area contributed by atoms with Crippen molar-refractivity contribution in [3.05, 3.63) is 51.8 Å². The van der Waals surface area contributed by atoms with Gasteiger partial charge in [0, 0.05) is 13.0 Å². The van der Waals surface area contributed by atoms with Crippen molar-refractivity contribution in [1.29, 1.82) is 0 Å². The van der Waals surface area contributed by atoms with E-state index < -0.39 is 17.7 Å². The van der Waals surface area contributed by atoms with Crippen molar-refractivity contribution >= 4 is 11.6 Å². The van der Waals surface area contributed by atoms with Crippen LogP contribution in [0.1, 0.15) is 30.0 Å². The van der Waals surface area contributed by atoms with Gasteiger partial charge in [-0.15, -0.1) is 0 Å². The predicted octanol–water partition coefficient (Wildman–Crippen LogP) is 3.42. The van der Waals surface area contributed by atoms with E-state index in [4.69, 9.17) is 11.6 Å². The summed E-state index contributed by atoms with van der Waals surface area (Å²) in [5, 5.41) is 14.9. The molecule has 2 aromatic rings. The Bertz CT molecular complexity index is 628. The minimum absolute atomic E-state index is 0.193. The van der Waals surface area contributed by atoms with Crippen molar-refractivity contribution in [3.63, 3.8) is 0 Å². The van der Waals surface area contributed by atoms with E-state index in [-0.39, 0.29) is 6.42 Å². The molecule has 1 aromatic carbocycles. The molecule has 0 aliphatic rings. The maximum atomic E-state index is 13.2. The van der Waals surface area contributed by atoms with E-state index in [9.17, 15) is 13.9 Å². The van der Waals surface area contributed by atoms with Crippen molar-refractivity contribution in [3.8, 4) is 0 Å². The van der Waals surface area contributed by atoms with Gasteiger partial charge in [0.05, 0.1) is 22.5 Å². The minimum atomic E-state index is -0.979. The van der Waals surface area contributed by atoms with Gasteiger partial charge < -0.3 is 5.11 Å². The number of aliphatic hydroxyl groups is 1. The van der Waals surface area contributed by atoms with E-state index >= 15 is 0 Å². The molecular formula is C14H15ClF2N2O. The number of hydrogen-bond acceptors (Lipinski definition) is 2. The number of aryl methyl sites for hydroxylation is 2. The highest BCUT2D eigenvalue weighted by molar-refractivity contribution is 6.31. The molecule has 108 valence electrons. The van der Waals surface area contributed by atoms with Gasteiger partial charge in [-0.2, -0.15) is 5.10 Å². The van der Waals surface area contributed by atoms with Crippen LogP contribution in [0.2, 0.25) is 5.02 Å². The first kappa shape index (κ1) is 14.9. The van der Waals surface area contributed by atoms with Crippen LogP contribution in [0, 0.1) is 18.6 Å². The van der Waals surface area contributed by atoms with Gasteiger partial charge in [-0.05, 0) is 31.5 Å². The largest absolute Gasteiger partial charge is 0.388 e. The Balaban J connectivity index is 2.27. The molecule has 0 amide bonds. The average Bonchev–Trinajstić information content (AvgIpc) is 2.69. The number of halogens is 3. The monoisotopic (exact) mass is 300 g/mol. The fourth-order valence-corrected chi connectivity index (χ4v) is 2.30. The molecule has 0 aliphatic carbocycles. The van der Waals surface area contributed by atoms with Gasteiger partial charge in [0.15, 0.2) is 11.6 Å². The molecule has 20 heavy (non-hydrogen) atoms. The van der Waals surface area contributed by atoms with Crippen molar-refractivity contribution in [2.75, 3.05) is 0 Å². The highest BCUT2D eigenvalue weighted by Crippen LogP contribution is 2.26. The molecular weight excluding hydrogens is 286 g/mol. The van der Waals surface area contributed by atoms with Crippen molar-refractivity contribution in [2.45, 2.75) is 32.9 Å². The quantitative estimate of drug-likeness (QED) is 0.939. The van der Waals surface area contributed by atoms with Gasteiger partial charge in [-0.1, -0.05) is 17.7 Å². The Kier molecular flexibility index (Phi) is 4.40. The molecule has 1 heterocycles. The fraction of sp³-hybridized carbons (Fsp3) is 0.357. The Morgan fingerprint density at radius 3 is 2.65 bits per heavy atom. The molecule has 0 spiro atoms. The normalized spacial score (nSPS) is 12.7. The first-order valence-electron chi connectivity index (χ1n) is 6.28. The van der Waals surface area contributed by atoms with Gasteiger partial charge in [0.2, 0.25) is 0 Å². The van der Waals surface area contributed by atoms with Gasteiger partial charge in [-0.25, -0.2) is 8.78 Å². The first-order valence-corrected chi connectivity index (χ1v) is 6.66. The number of benzene rings is 1. The Hall–Kier alpha value is -1.46. The van der Waals surface area contributed by atoms with Crippen LogP contribution in [0.15, 0.2) is 18.2 Å². The molecule has 1 aromatic heterocycles. The van der Waals surface area contributed by atoms with Crippen LogP contribution in [0.4, 0.5) is 8.78 Å². The third-order valence-corrected chi connectivity index (χ3v) is 3.66. The lowest BCUT2D eigenvalue weighted by atomic mass is 10.0. The summed E-state index contributed by atoms with van der Waals surface area (Å²) in [4.78, 5) is 0. The number of aliphatic hydroxyl groups excluding tert-OH is 1. The molecule has 0 radical (unpaired) electrons. The fourth-order valence-electron chi connectivity index (χ4n) is 2.08. The SMILES string of the molecule is CCn1nc(C)c(Cl)c1CC(O)c1ccc(F)c(F)c1. The number of hydrogen-bond donors (Lipinski definition) is 1. The number of aromatic nitrogens is 2. The predicted molar refractivity (Wildman–Crippen MR) is 72.7 cm³/mol. The maximum Gasteiger partial charge on any atom is 0.159 e. The highest BCUT2D eigenvalue weighted by atomic mass is 35.5. The van der Waals surface area contributed by atoms with Crippen LogP contribution in [-0.2, 0) is 13.0 Å². The van der Waals surface area contributed by atoms with E-state index in [2.05, 4.69) is 5.10 Å². The third-order valence-electron chi connectivity index (χ3n) is 3.17. The molecule has 0 saturated carbocycles. The molecule has 1 atom stereocenters. The molecule has 0 fully saturated rings. The molecule has 0 aliphatic heterocycles. The van der Waals surface area contributed by atoms with Gasteiger partial charge in [-0.3, -0.25) is 4.68 Å². The third kappa shape index (κ3) is 2.83. The zero-order chi connectivity index (χ0) is 14.9. The van der Waals surface area contributed by atoms with E-state index in [1.807, 2.05) is 6.92 Å². The van der Waals surface area contributed by atoms with Crippen LogP contribution in [0.5, 0.6) is 0 Å². The second-order valence-electron chi connectivity index (χ2n) is 4.56. The van der Waals surface area contributed by atoms with Crippen LogP contribution in [-0.4, -0.2) is 14.9 Å². The van der Waals surface area contributed by atoms with Crippen LogP contribution in [0.25, 0.3) is 0 Å². The summed E-state index contributed by atoms with van der Waals surface area (Å²) >= 11 is 6.15. The molecule has 3 nitrogen and oxygen atoms in total. The second kappa shape index (κ2) is 5.89. The topological polar surface area (TPSA) is 38.0 Å². The Labute approximate surface area is 120 Å². The smallest absolute Gasteiger partial charge is 0.159 e. The van der Waals surface area contributed by atoms with E-state index in [1.165, 1.54) is 6.07 Å². The second-order valence-corrected chi connectivity index (χ2v) is 4.93. The van der Waals surface area contributed by atoms with Gasteiger partial charge in [0.25, 0.3) is 0 Å². The standard InChI is InChI=1S/C14H15ClF2N2O/c1-3-19-12(14(15)8(2)18-19)7-13(20)9-4-5-10(16)11(17)6-9/h4-6,13,20H,3,7H2,1-2H3. The number of nitrogens with zero attached hydrogens (tertiary/aromatic N) is 2. The van der Waals surface area contributed by atoms with Crippen molar-refractivity contribution in [1.82, 2.24) is 9.78 Å². The van der Waals surface area contributed by atoms with E-state index in [0.717, 1.165) is 12.1 Å². The summed E-state index contributed by atoms with van der Waals surface area (Å²) in [6.45, 7) is 4.31. The first-order chi connectivity index (χ1) is 9.43. The maximum absolute atomic E-state index is 13.2. The van der Waals surface area contributed by atoms with E-state index in [1.54, 1.807) is 11.6 Å². The van der Waals surface area contributed by atoms with Crippen LogP contribution in [0.3, 0.4) is 0 Å². The molecule has 1 N–H and O–H groups in total. The van der Waals surface area contributed by atoms with Crippen LogP contribution < -0.4 is 0 Å². The highest BCUT2D eigenvalue weighted by Gasteiger charge is 2.18. The van der Waals surface area contributed by atoms with Gasteiger partial charge >= 0.3 is 0 Å². The summed E-state index contributed by atoms with van der Waals surface area (Å²) in [6.07, 6.45) is -0.775. The lowest BCUT2D eigenvalue weighted by Crippen LogP contribution is -2.09. The number of rotatable bonds is 4. The Morgan fingerprint density at radius 2 is 2.05 bits per heavy atom. The summed E-state index contributed by atoms with van der Waals surface area (Å²) < 4.78 is 27.8. The lowest BCUT2D eigenvalue weighted by Gasteiger charge is -2.13. The summed E-state index contributed by atoms with van der Waals surface area (Å²) in [5.74, 6) is -1.92. The molecule has 0 saturated heterocycles. The summed E-state index contributed by atoms with van der Waals surface area (Å²) in [5.41, 5.74) is 1.67. The summed E-state index contributed by atoms with van der Waals surface area (Å²) in [7, 11) is 0. The van der Waals surface area contributed by atoms with Crippen molar-refractivity contribution in [2.24, 2.45) is 0 Å². The van der Waals surface area contributed by atoms with E-state index in [0.29, 0.717) is 28.5 Å². The van der Waals surface area contributed by atoms with Crippen LogP contribution >= 0.6 is 11.6 Å². The lowest BCUT2D eigenvalue weighted by molar-refractivity contribution is 0.175. The molecule has 0 bridgehead atoms. The molecule has 1 unspecified atom stereocenters. The van der Waals surface area contributed by atoms with Crippen molar-refractivity contribution < 1.29 is 13.9 Å². The Morgan fingerprint density at radius 1 is 1.35 bits per heavy atom.